The number of anilines is 2. The third-order valence-corrected chi connectivity index (χ3v) is 6.05. The highest BCUT2D eigenvalue weighted by Gasteiger charge is 2.20. The Hall–Kier alpha value is -4.01. The number of nitrogen functional groups attached to an aromatic ring is 1. The van der Waals surface area contributed by atoms with Crippen molar-refractivity contribution < 1.29 is 9.13 Å². The van der Waals surface area contributed by atoms with E-state index in [-0.39, 0.29) is 5.82 Å². The molecule has 34 heavy (non-hydrogen) atoms. The van der Waals surface area contributed by atoms with Gasteiger partial charge in [0.1, 0.15) is 17.3 Å². The lowest BCUT2D eigenvalue weighted by Crippen LogP contribution is -2.23. The summed E-state index contributed by atoms with van der Waals surface area (Å²) in [5, 5.41) is 3.47. The van der Waals surface area contributed by atoms with Gasteiger partial charge in [0.2, 0.25) is 5.95 Å². The van der Waals surface area contributed by atoms with E-state index in [0.29, 0.717) is 46.5 Å². The molecule has 0 unspecified atom stereocenters. The molecular formula is C25H26FN7O. The van der Waals surface area contributed by atoms with Crippen LogP contribution in [0.2, 0.25) is 0 Å². The number of hydrogen-bond acceptors (Lipinski definition) is 7. The van der Waals surface area contributed by atoms with Crippen LogP contribution in [-0.4, -0.2) is 38.1 Å². The first-order valence-electron chi connectivity index (χ1n) is 11.4. The van der Waals surface area contributed by atoms with Crippen LogP contribution < -0.4 is 15.8 Å². The Bertz CT molecular complexity index is 1280. The van der Waals surface area contributed by atoms with Crippen molar-refractivity contribution in [2.75, 3.05) is 18.2 Å². The van der Waals surface area contributed by atoms with Crippen LogP contribution in [0, 0.1) is 5.82 Å². The molecule has 0 saturated heterocycles. The van der Waals surface area contributed by atoms with Gasteiger partial charge in [0, 0.05) is 29.6 Å². The molecule has 0 amide bonds. The predicted molar refractivity (Wildman–Crippen MR) is 130 cm³/mol. The van der Waals surface area contributed by atoms with Crippen LogP contribution in [0.1, 0.15) is 32.1 Å². The second kappa shape index (κ2) is 9.46. The fourth-order valence-corrected chi connectivity index (χ4v) is 4.26. The third-order valence-electron chi connectivity index (χ3n) is 6.05. The van der Waals surface area contributed by atoms with E-state index in [1.54, 1.807) is 37.7 Å². The summed E-state index contributed by atoms with van der Waals surface area (Å²) in [6, 6.07) is 10.2. The average Bonchev–Trinajstić information content (AvgIpc) is 3.31. The van der Waals surface area contributed by atoms with E-state index in [4.69, 9.17) is 20.4 Å². The number of nitrogens with zero attached hydrogens (tertiary/aromatic N) is 4. The maximum absolute atomic E-state index is 13.5. The Balaban J connectivity index is 1.58. The maximum atomic E-state index is 13.5. The van der Waals surface area contributed by atoms with Gasteiger partial charge in [-0.05, 0) is 49.2 Å². The number of halogens is 1. The zero-order valence-electron chi connectivity index (χ0n) is 18.9. The highest BCUT2D eigenvalue weighted by Crippen LogP contribution is 2.35. The summed E-state index contributed by atoms with van der Waals surface area (Å²) in [5.74, 6) is 1.61. The summed E-state index contributed by atoms with van der Waals surface area (Å²) in [6.45, 7) is 0. The van der Waals surface area contributed by atoms with Crippen LogP contribution in [-0.2, 0) is 0 Å². The zero-order valence-corrected chi connectivity index (χ0v) is 18.9. The normalized spacial score (nSPS) is 14.2. The van der Waals surface area contributed by atoms with Gasteiger partial charge >= 0.3 is 0 Å². The van der Waals surface area contributed by atoms with Crippen LogP contribution in [0.25, 0.3) is 34.0 Å². The topological polar surface area (TPSA) is 115 Å². The number of methoxy groups -OCH3 is 1. The fraction of sp³-hybridized carbons (Fsp3) is 0.280. The molecule has 9 heteroatoms. The fourth-order valence-electron chi connectivity index (χ4n) is 4.26. The highest BCUT2D eigenvalue weighted by atomic mass is 19.1. The summed E-state index contributed by atoms with van der Waals surface area (Å²) in [7, 11) is 1.54. The van der Waals surface area contributed by atoms with Gasteiger partial charge in [-0.1, -0.05) is 19.3 Å². The number of ether oxygens (including phenoxy) is 1. The third kappa shape index (κ3) is 4.54. The van der Waals surface area contributed by atoms with E-state index in [2.05, 4.69) is 20.3 Å². The number of hydrogen-bond donors (Lipinski definition) is 3. The van der Waals surface area contributed by atoms with E-state index in [1.807, 2.05) is 6.07 Å². The zero-order chi connectivity index (χ0) is 23.5. The number of aromatic nitrogens is 5. The smallest absolute Gasteiger partial charge is 0.223 e. The van der Waals surface area contributed by atoms with Crippen LogP contribution in [0.5, 0.6) is 5.75 Å². The molecule has 1 fully saturated rings. The summed E-state index contributed by atoms with van der Waals surface area (Å²) in [6.07, 6.45) is 9.33. The summed E-state index contributed by atoms with van der Waals surface area (Å²) < 4.78 is 18.8. The Morgan fingerprint density at radius 2 is 1.82 bits per heavy atom. The van der Waals surface area contributed by atoms with Gasteiger partial charge in [-0.15, -0.1) is 0 Å². The standard InChI is InChI=1S/C25H26FN7O/c1-34-20-13-16(14-29-23(20)27)21-22(33-24(32-21)15-7-9-17(26)10-8-15)19-11-12-28-25(31-19)30-18-5-3-2-4-6-18/h7-14,18H,2-6H2,1H3,(H2,27,29)(H,32,33)(H,28,30,31). The van der Waals surface area contributed by atoms with Crippen LogP contribution in [0.4, 0.5) is 16.2 Å². The van der Waals surface area contributed by atoms with Gasteiger partial charge in [-0.3, -0.25) is 0 Å². The van der Waals surface area contributed by atoms with E-state index >= 15 is 0 Å². The first-order valence-corrected chi connectivity index (χ1v) is 11.4. The molecule has 0 spiro atoms. The van der Waals surface area contributed by atoms with Crippen molar-refractivity contribution in [2.45, 2.75) is 38.1 Å². The van der Waals surface area contributed by atoms with Gasteiger partial charge in [0.25, 0.3) is 0 Å². The van der Waals surface area contributed by atoms with Crippen molar-refractivity contribution in [3.05, 3.63) is 54.6 Å². The van der Waals surface area contributed by atoms with Crippen molar-refractivity contribution in [1.29, 1.82) is 0 Å². The average molecular weight is 460 g/mol. The van der Waals surface area contributed by atoms with Crippen LogP contribution >= 0.6 is 0 Å². The molecule has 5 rings (SSSR count). The second-order valence-electron chi connectivity index (χ2n) is 8.37. The molecule has 3 heterocycles. The number of benzene rings is 1. The Kier molecular flexibility index (Phi) is 6.07. The summed E-state index contributed by atoms with van der Waals surface area (Å²) in [5.41, 5.74) is 9.39. The summed E-state index contributed by atoms with van der Waals surface area (Å²) >= 11 is 0. The first-order chi connectivity index (χ1) is 16.6. The molecule has 1 aliphatic rings. The molecule has 1 saturated carbocycles. The van der Waals surface area contributed by atoms with Gasteiger partial charge in [-0.2, -0.15) is 0 Å². The van der Waals surface area contributed by atoms with Gasteiger partial charge in [-0.25, -0.2) is 24.3 Å². The lowest BCUT2D eigenvalue weighted by atomic mass is 9.96. The number of nitrogens with two attached hydrogens (primary N) is 1. The van der Waals surface area contributed by atoms with E-state index in [1.165, 1.54) is 31.4 Å². The molecule has 1 aromatic carbocycles. The lowest BCUT2D eigenvalue weighted by molar-refractivity contribution is 0.415. The van der Waals surface area contributed by atoms with Gasteiger partial charge < -0.3 is 20.8 Å². The minimum Gasteiger partial charge on any atom is -0.493 e. The molecule has 0 radical (unpaired) electrons. The lowest BCUT2D eigenvalue weighted by Gasteiger charge is -2.22. The van der Waals surface area contributed by atoms with Gasteiger partial charge in [0.05, 0.1) is 18.5 Å². The minimum absolute atomic E-state index is 0.298. The van der Waals surface area contributed by atoms with E-state index < -0.39 is 0 Å². The number of pyridine rings is 1. The molecule has 4 aromatic rings. The van der Waals surface area contributed by atoms with Crippen LogP contribution in [0.3, 0.4) is 0 Å². The molecule has 4 N–H and O–H groups in total. The van der Waals surface area contributed by atoms with Crippen LogP contribution in [0.15, 0.2) is 48.8 Å². The molecule has 0 aliphatic heterocycles. The van der Waals surface area contributed by atoms with E-state index in [0.717, 1.165) is 24.0 Å². The Morgan fingerprint density at radius 1 is 1.03 bits per heavy atom. The Labute approximate surface area is 196 Å². The number of rotatable bonds is 6. The quantitative estimate of drug-likeness (QED) is 0.369. The number of nitrogens with one attached hydrogen (secondary N) is 2. The maximum Gasteiger partial charge on any atom is 0.223 e. The molecule has 0 bridgehead atoms. The highest BCUT2D eigenvalue weighted by molar-refractivity contribution is 5.80. The monoisotopic (exact) mass is 459 g/mol. The first kappa shape index (κ1) is 21.8. The second-order valence-corrected chi connectivity index (χ2v) is 8.37. The minimum atomic E-state index is -0.308. The van der Waals surface area contributed by atoms with Crippen molar-refractivity contribution in [2.24, 2.45) is 0 Å². The summed E-state index contributed by atoms with van der Waals surface area (Å²) in [4.78, 5) is 21.6. The SMILES string of the molecule is COc1cc(-c2[nH]c(-c3ccc(F)cc3)nc2-c2ccnc(NC3CCCCC3)n2)cnc1N. The molecular weight excluding hydrogens is 433 g/mol. The molecule has 0 atom stereocenters. The predicted octanol–water partition coefficient (Wildman–Crippen LogP) is 5.07. The largest absolute Gasteiger partial charge is 0.493 e. The van der Waals surface area contributed by atoms with Crippen molar-refractivity contribution in [3.63, 3.8) is 0 Å². The number of H-pyrrole nitrogens is 1. The van der Waals surface area contributed by atoms with Crippen molar-refractivity contribution in [3.8, 4) is 39.8 Å². The number of imidazole rings is 1. The molecule has 3 aromatic heterocycles. The van der Waals surface area contributed by atoms with E-state index in [9.17, 15) is 4.39 Å². The van der Waals surface area contributed by atoms with Crippen molar-refractivity contribution in [1.82, 2.24) is 24.9 Å². The molecule has 174 valence electrons. The van der Waals surface area contributed by atoms with Crippen molar-refractivity contribution >= 4 is 11.8 Å². The Morgan fingerprint density at radius 3 is 2.59 bits per heavy atom. The molecule has 8 nitrogen and oxygen atoms in total. The molecule has 1 aliphatic carbocycles. The van der Waals surface area contributed by atoms with Gasteiger partial charge in [0.15, 0.2) is 11.6 Å². The number of aromatic amines is 1.